The number of nitrogens with zero attached hydrogens (tertiary/aromatic N) is 2. The van der Waals surface area contributed by atoms with E-state index in [1.807, 2.05) is 18.3 Å². The van der Waals surface area contributed by atoms with E-state index in [1.54, 1.807) is 0 Å². The van der Waals surface area contributed by atoms with Crippen LogP contribution in [0, 0.1) is 0 Å². The summed E-state index contributed by atoms with van der Waals surface area (Å²) >= 11 is 0. The molecule has 1 aliphatic rings. The van der Waals surface area contributed by atoms with E-state index in [0.29, 0.717) is 19.1 Å². The van der Waals surface area contributed by atoms with Crippen LogP contribution in [0.4, 0.5) is 5.82 Å². The lowest BCUT2D eigenvalue weighted by molar-refractivity contribution is 0.283. The maximum Gasteiger partial charge on any atom is 0.128 e. The van der Waals surface area contributed by atoms with Crippen LogP contribution in [0.2, 0.25) is 0 Å². The van der Waals surface area contributed by atoms with E-state index in [9.17, 15) is 0 Å². The number of aliphatic hydroxyl groups excluding tert-OH is 1. The molecule has 16 heavy (non-hydrogen) atoms. The molecular weight excluding hydrogens is 202 g/mol. The Balaban J connectivity index is 2.10. The Morgan fingerprint density at radius 3 is 2.69 bits per heavy atom. The molecule has 2 rings (SSSR count). The van der Waals surface area contributed by atoms with Crippen molar-refractivity contribution in [2.75, 3.05) is 18.1 Å². The second-order valence-corrected chi connectivity index (χ2v) is 4.23. The van der Waals surface area contributed by atoms with Gasteiger partial charge in [-0.3, -0.25) is 0 Å². The summed E-state index contributed by atoms with van der Waals surface area (Å²) in [7, 11) is 0. The molecule has 3 N–H and O–H groups in total. The zero-order chi connectivity index (χ0) is 11.4. The van der Waals surface area contributed by atoms with Gasteiger partial charge in [0.15, 0.2) is 0 Å². The fraction of sp³-hybridized carbons (Fsp3) is 0.583. The van der Waals surface area contributed by atoms with Gasteiger partial charge in [-0.25, -0.2) is 4.98 Å². The largest absolute Gasteiger partial charge is 0.395 e. The zero-order valence-corrected chi connectivity index (χ0v) is 9.47. The quantitative estimate of drug-likeness (QED) is 0.775. The third-order valence-corrected chi connectivity index (χ3v) is 3.20. The van der Waals surface area contributed by atoms with Crippen molar-refractivity contribution in [1.82, 2.24) is 4.98 Å². The van der Waals surface area contributed by atoms with E-state index in [4.69, 9.17) is 10.8 Å². The molecule has 0 aliphatic heterocycles. The summed E-state index contributed by atoms with van der Waals surface area (Å²) in [6.07, 6.45) is 5.52. The second kappa shape index (κ2) is 5.27. The summed E-state index contributed by atoms with van der Waals surface area (Å²) in [6, 6.07) is 4.56. The first-order chi connectivity index (χ1) is 7.85. The smallest absolute Gasteiger partial charge is 0.128 e. The lowest BCUT2D eigenvalue weighted by atomic mass is 9.91. The molecule has 0 amide bonds. The van der Waals surface area contributed by atoms with Crippen LogP contribution >= 0.6 is 0 Å². The molecule has 0 bridgehead atoms. The van der Waals surface area contributed by atoms with E-state index in [2.05, 4.69) is 9.88 Å². The van der Waals surface area contributed by atoms with Crippen molar-refractivity contribution < 1.29 is 5.11 Å². The van der Waals surface area contributed by atoms with Crippen LogP contribution in [0.15, 0.2) is 18.3 Å². The number of rotatable bonds is 5. The molecule has 1 aromatic heterocycles. The minimum atomic E-state index is 0.177. The second-order valence-electron chi connectivity index (χ2n) is 4.23. The van der Waals surface area contributed by atoms with E-state index in [0.717, 1.165) is 11.4 Å². The minimum Gasteiger partial charge on any atom is -0.395 e. The molecule has 0 unspecified atom stereocenters. The van der Waals surface area contributed by atoms with Crippen molar-refractivity contribution >= 4 is 5.82 Å². The first-order valence-corrected chi connectivity index (χ1v) is 5.87. The monoisotopic (exact) mass is 221 g/mol. The van der Waals surface area contributed by atoms with Gasteiger partial charge in [0.25, 0.3) is 0 Å². The van der Waals surface area contributed by atoms with E-state index in [-0.39, 0.29) is 6.61 Å². The third kappa shape index (κ3) is 2.33. The number of hydrogen-bond donors (Lipinski definition) is 2. The van der Waals surface area contributed by atoms with Crippen molar-refractivity contribution in [1.29, 1.82) is 0 Å². The highest BCUT2D eigenvalue weighted by atomic mass is 16.3. The molecule has 88 valence electrons. The Hall–Kier alpha value is -1.13. The fourth-order valence-corrected chi connectivity index (χ4v) is 2.00. The van der Waals surface area contributed by atoms with Gasteiger partial charge >= 0.3 is 0 Å². The van der Waals surface area contributed by atoms with Crippen molar-refractivity contribution in [3.8, 4) is 0 Å². The molecule has 0 atom stereocenters. The molecule has 1 heterocycles. The molecule has 4 heteroatoms. The fourth-order valence-electron chi connectivity index (χ4n) is 2.00. The first kappa shape index (κ1) is 11.4. The lowest BCUT2D eigenvalue weighted by Gasteiger charge is -2.38. The van der Waals surface area contributed by atoms with Crippen molar-refractivity contribution in [3.05, 3.63) is 23.9 Å². The summed E-state index contributed by atoms with van der Waals surface area (Å²) in [6.45, 7) is 1.37. The number of hydrogen-bond acceptors (Lipinski definition) is 4. The van der Waals surface area contributed by atoms with Crippen LogP contribution in [0.5, 0.6) is 0 Å². The molecule has 0 radical (unpaired) electrons. The number of aliphatic hydroxyl groups is 1. The Bertz CT molecular complexity index is 322. The topological polar surface area (TPSA) is 62.4 Å². The number of anilines is 1. The lowest BCUT2D eigenvalue weighted by Crippen LogP contribution is -2.42. The zero-order valence-electron chi connectivity index (χ0n) is 9.47. The summed E-state index contributed by atoms with van der Waals surface area (Å²) in [5.74, 6) is 0.955. The molecule has 4 nitrogen and oxygen atoms in total. The van der Waals surface area contributed by atoms with Crippen LogP contribution in [0.1, 0.15) is 24.8 Å². The standard InChI is InChI=1S/C12H19N3O/c13-8-10-4-5-12(14-9-10)15(6-7-16)11-2-1-3-11/h4-5,9,11,16H,1-3,6-8,13H2. The summed E-state index contributed by atoms with van der Waals surface area (Å²) in [5.41, 5.74) is 6.58. The van der Waals surface area contributed by atoms with Crippen LogP contribution in [-0.4, -0.2) is 29.3 Å². The molecular formula is C12H19N3O. The minimum absolute atomic E-state index is 0.177. The maximum absolute atomic E-state index is 9.08. The normalized spacial score (nSPS) is 15.9. The van der Waals surface area contributed by atoms with Gasteiger partial charge in [-0.2, -0.15) is 0 Å². The predicted molar refractivity (Wildman–Crippen MR) is 64.2 cm³/mol. The average molecular weight is 221 g/mol. The first-order valence-electron chi connectivity index (χ1n) is 5.87. The van der Waals surface area contributed by atoms with Gasteiger partial charge < -0.3 is 15.7 Å². The summed E-state index contributed by atoms with van der Waals surface area (Å²) in [4.78, 5) is 6.60. The van der Waals surface area contributed by atoms with Gasteiger partial charge in [0.2, 0.25) is 0 Å². The molecule has 1 aromatic rings. The Labute approximate surface area is 96.1 Å². The Morgan fingerprint density at radius 1 is 1.44 bits per heavy atom. The molecule has 1 aliphatic carbocycles. The molecule has 0 aromatic carbocycles. The molecule has 1 fully saturated rings. The van der Waals surface area contributed by atoms with E-state index < -0.39 is 0 Å². The van der Waals surface area contributed by atoms with Crippen molar-refractivity contribution in [2.24, 2.45) is 5.73 Å². The third-order valence-electron chi connectivity index (χ3n) is 3.20. The Kier molecular flexibility index (Phi) is 3.74. The van der Waals surface area contributed by atoms with Crippen LogP contribution in [-0.2, 0) is 6.54 Å². The van der Waals surface area contributed by atoms with E-state index in [1.165, 1.54) is 19.3 Å². The van der Waals surface area contributed by atoms with Gasteiger partial charge in [-0.1, -0.05) is 6.07 Å². The SMILES string of the molecule is NCc1ccc(N(CCO)C2CCC2)nc1. The molecule has 0 saturated heterocycles. The molecule has 0 spiro atoms. The predicted octanol–water partition coefficient (Wildman–Crippen LogP) is 0.891. The van der Waals surface area contributed by atoms with Gasteiger partial charge in [-0.05, 0) is 30.9 Å². The number of nitrogens with two attached hydrogens (primary N) is 1. The average Bonchev–Trinajstić information content (AvgIpc) is 2.26. The molecule has 1 saturated carbocycles. The summed E-state index contributed by atoms with van der Waals surface area (Å²) < 4.78 is 0. The van der Waals surface area contributed by atoms with Gasteiger partial charge in [0.1, 0.15) is 5.82 Å². The number of aromatic nitrogens is 1. The maximum atomic E-state index is 9.08. The number of pyridine rings is 1. The highest BCUT2D eigenvalue weighted by molar-refractivity contribution is 5.41. The highest BCUT2D eigenvalue weighted by Crippen LogP contribution is 2.28. The van der Waals surface area contributed by atoms with Crippen LogP contribution in [0.3, 0.4) is 0 Å². The van der Waals surface area contributed by atoms with Crippen LogP contribution in [0.25, 0.3) is 0 Å². The van der Waals surface area contributed by atoms with Crippen molar-refractivity contribution in [2.45, 2.75) is 31.8 Å². The van der Waals surface area contributed by atoms with Gasteiger partial charge in [-0.15, -0.1) is 0 Å². The van der Waals surface area contributed by atoms with Gasteiger partial charge in [0, 0.05) is 25.3 Å². The van der Waals surface area contributed by atoms with Gasteiger partial charge in [0.05, 0.1) is 6.61 Å². The van der Waals surface area contributed by atoms with E-state index >= 15 is 0 Å². The summed E-state index contributed by atoms with van der Waals surface area (Å²) in [5, 5.41) is 9.08. The Morgan fingerprint density at radius 2 is 2.25 bits per heavy atom. The van der Waals surface area contributed by atoms with Crippen molar-refractivity contribution in [3.63, 3.8) is 0 Å². The highest BCUT2D eigenvalue weighted by Gasteiger charge is 2.25. The van der Waals surface area contributed by atoms with Crippen LogP contribution < -0.4 is 10.6 Å².